The summed E-state index contributed by atoms with van der Waals surface area (Å²) in [6.45, 7) is 1.90. The number of ether oxygens (including phenoxy) is 3. The number of carbonyl (C=O) groups excluding carboxylic acids is 1. The van der Waals surface area contributed by atoms with Crippen molar-refractivity contribution in [2.75, 3.05) is 27.4 Å². The fourth-order valence-electron chi connectivity index (χ4n) is 1.68. The molecule has 0 saturated heterocycles. The third-order valence-electron chi connectivity index (χ3n) is 2.60. The first-order valence-corrected chi connectivity index (χ1v) is 6.30. The van der Waals surface area contributed by atoms with Crippen LogP contribution in [0.5, 0.6) is 11.5 Å². The van der Waals surface area contributed by atoms with Gasteiger partial charge in [0.15, 0.2) is 6.61 Å². The number of carboxylic acid groups (broad SMARTS) is 1. The highest BCUT2D eigenvalue weighted by Gasteiger charge is 2.14. The second-order valence-corrected chi connectivity index (χ2v) is 4.38. The Morgan fingerprint density at radius 2 is 2.05 bits per heavy atom. The van der Waals surface area contributed by atoms with E-state index in [1.54, 1.807) is 13.0 Å². The van der Waals surface area contributed by atoms with Gasteiger partial charge < -0.3 is 24.6 Å². The number of carbonyl (C=O) groups is 2. The van der Waals surface area contributed by atoms with E-state index < -0.39 is 5.97 Å². The molecule has 1 amide bonds. The van der Waals surface area contributed by atoms with Crippen LogP contribution in [0.4, 0.5) is 0 Å². The molecule has 0 fully saturated rings. The van der Waals surface area contributed by atoms with Crippen molar-refractivity contribution in [2.45, 2.75) is 13.0 Å². The Labute approximate surface area is 122 Å². The molecule has 1 aromatic carbocycles. The van der Waals surface area contributed by atoms with Gasteiger partial charge in [0.1, 0.15) is 17.1 Å². The number of benzene rings is 1. The molecule has 0 bridgehead atoms. The van der Waals surface area contributed by atoms with Crippen molar-refractivity contribution >= 4 is 11.9 Å². The van der Waals surface area contributed by atoms with Gasteiger partial charge in [-0.05, 0) is 25.1 Å². The lowest BCUT2D eigenvalue weighted by Gasteiger charge is -2.14. The van der Waals surface area contributed by atoms with Crippen molar-refractivity contribution < 1.29 is 28.9 Å². The molecule has 1 atom stereocenters. The van der Waals surface area contributed by atoms with E-state index in [9.17, 15) is 9.59 Å². The van der Waals surface area contributed by atoms with Crippen molar-refractivity contribution in [3.05, 3.63) is 23.8 Å². The Hall–Kier alpha value is -2.28. The number of carboxylic acids is 1. The number of nitrogens with one attached hydrogen (secondary N) is 1. The molecule has 0 aromatic heterocycles. The van der Waals surface area contributed by atoms with Crippen LogP contribution in [0, 0.1) is 0 Å². The smallest absolute Gasteiger partial charge is 0.339 e. The topological polar surface area (TPSA) is 94.1 Å². The Balaban J connectivity index is 2.66. The van der Waals surface area contributed by atoms with E-state index in [2.05, 4.69) is 5.32 Å². The second kappa shape index (κ2) is 8.11. The van der Waals surface area contributed by atoms with Gasteiger partial charge in [-0.1, -0.05) is 0 Å². The highest BCUT2D eigenvalue weighted by molar-refractivity contribution is 5.91. The quantitative estimate of drug-likeness (QED) is 0.741. The van der Waals surface area contributed by atoms with Crippen LogP contribution >= 0.6 is 0 Å². The first-order chi connectivity index (χ1) is 9.97. The van der Waals surface area contributed by atoms with E-state index in [-0.39, 0.29) is 29.9 Å². The highest BCUT2D eigenvalue weighted by Crippen LogP contribution is 2.24. The lowest BCUT2D eigenvalue weighted by Crippen LogP contribution is -2.38. The largest absolute Gasteiger partial charge is 0.497 e. The van der Waals surface area contributed by atoms with Crippen molar-refractivity contribution in [1.82, 2.24) is 5.32 Å². The second-order valence-electron chi connectivity index (χ2n) is 4.38. The summed E-state index contributed by atoms with van der Waals surface area (Å²) in [7, 11) is 2.97. The Morgan fingerprint density at radius 3 is 2.62 bits per heavy atom. The fraction of sp³-hybridized carbons (Fsp3) is 0.429. The van der Waals surface area contributed by atoms with E-state index in [4.69, 9.17) is 19.3 Å². The summed E-state index contributed by atoms with van der Waals surface area (Å²) in [5.74, 6) is -1.00. The summed E-state index contributed by atoms with van der Waals surface area (Å²) in [6.07, 6.45) is 0. The fourth-order valence-corrected chi connectivity index (χ4v) is 1.68. The van der Waals surface area contributed by atoms with Gasteiger partial charge in [0.2, 0.25) is 0 Å². The van der Waals surface area contributed by atoms with Crippen LogP contribution in [-0.4, -0.2) is 50.5 Å². The summed E-state index contributed by atoms with van der Waals surface area (Å²) in [5.41, 5.74) is -0.0629. The van der Waals surface area contributed by atoms with Gasteiger partial charge in [-0.3, -0.25) is 4.79 Å². The lowest BCUT2D eigenvalue weighted by atomic mass is 10.2. The highest BCUT2D eigenvalue weighted by atomic mass is 16.5. The molecule has 116 valence electrons. The number of hydrogen-bond donors (Lipinski definition) is 2. The zero-order valence-corrected chi connectivity index (χ0v) is 12.2. The maximum Gasteiger partial charge on any atom is 0.339 e. The molecule has 0 radical (unpaired) electrons. The van der Waals surface area contributed by atoms with Gasteiger partial charge in [-0.2, -0.15) is 0 Å². The summed E-state index contributed by atoms with van der Waals surface area (Å²) < 4.78 is 15.1. The number of methoxy groups -OCH3 is 2. The molecule has 0 saturated carbocycles. The van der Waals surface area contributed by atoms with Gasteiger partial charge >= 0.3 is 5.97 Å². The zero-order chi connectivity index (χ0) is 15.8. The Kier molecular flexibility index (Phi) is 6.48. The van der Waals surface area contributed by atoms with E-state index in [1.807, 2.05) is 0 Å². The minimum atomic E-state index is -1.16. The number of aromatic carboxylic acids is 1. The maximum atomic E-state index is 11.6. The van der Waals surface area contributed by atoms with Crippen LogP contribution < -0.4 is 14.8 Å². The molecule has 1 aromatic rings. The normalized spacial score (nSPS) is 11.6. The molecule has 0 aliphatic heterocycles. The van der Waals surface area contributed by atoms with Gasteiger partial charge in [-0.15, -0.1) is 0 Å². The van der Waals surface area contributed by atoms with Crippen LogP contribution in [0.15, 0.2) is 18.2 Å². The van der Waals surface area contributed by atoms with E-state index in [0.717, 1.165) is 0 Å². The standard InChI is InChI=1S/C14H19NO6/c1-9(7-19-2)15-13(16)8-21-12-5-4-10(20-3)6-11(12)14(17)18/h4-6,9H,7-8H2,1-3H3,(H,15,16)(H,17,18). The predicted octanol–water partition coefficient (Wildman–Crippen LogP) is 0.923. The zero-order valence-electron chi connectivity index (χ0n) is 12.2. The van der Waals surface area contributed by atoms with Crippen molar-refractivity contribution in [3.8, 4) is 11.5 Å². The maximum absolute atomic E-state index is 11.6. The van der Waals surface area contributed by atoms with Crippen molar-refractivity contribution in [3.63, 3.8) is 0 Å². The number of rotatable bonds is 8. The first kappa shape index (κ1) is 16.8. The Bertz CT molecular complexity index is 502. The molecular formula is C14H19NO6. The van der Waals surface area contributed by atoms with Crippen LogP contribution in [0.1, 0.15) is 17.3 Å². The molecule has 7 nitrogen and oxygen atoms in total. The summed E-state index contributed by atoms with van der Waals surface area (Å²) in [5, 5.41) is 11.8. The van der Waals surface area contributed by atoms with Crippen LogP contribution in [0.25, 0.3) is 0 Å². The van der Waals surface area contributed by atoms with Crippen LogP contribution in [0.2, 0.25) is 0 Å². The molecule has 0 spiro atoms. The van der Waals surface area contributed by atoms with Gasteiger partial charge in [0.25, 0.3) is 5.91 Å². The van der Waals surface area contributed by atoms with Crippen LogP contribution in [0.3, 0.4) is 0 Å². The first-order valence-electron chi connectivity index (χ1n) is 6.30. The average molecular weight is 297 g/mol. The van der Waals surface area contributed by atoms with Gasteiger partial charge in [0, 0.05) is 13.2 Å². The summed E-state index contributed by atoms with van der Waals surface area (Å²) in [4.78, 5) is 22.8. The molecule has 1 rings (SSSR count). The van der Waals surface area contributed by atoms with Crippen LogP contribution in [-0.2, 0) is 9.53 Å². The molecule has 1 unspecified atom stereocenters. The van der Waals surface area contributed by atoms with Crippen molar-refractivity contribution in [1.29, 1.82) is 0 Å². The molecule has 0 aliphatic rings. The van der Waals surface area contributed by atoms with E-state index in [0.29, 0.717) is 12.4 Å². The van der Waals surface area contributed by atoms with Gasteiger partial charge in [0.05, 0.1) is 13.7 Å². The van der Waals surface area contributed by atoms with Crippen molar-refractivity contribution in [2.24, 2.45) is 0 Å². The molecular weight excluding hydrogens is 278 g/mol. The minimum Gasteiger partial charge on any atom is -0.497 e. The number of amides is 1. The Morgan fingerprint density at radius 1 is 1.33 bits per heavy atom. The molecule has 2 N–H and O–H groups in total. The summed E-state index contributed by atoms with van der Waals surface area (Å²) in [6, 6.07) is 4.20. The third kappa shape index (κ3) is 5.31. The predicted molar refractivity (Wildman–Crippen MR) is 74.9 cm³/mol. The third-order valence-corrected chi connectivity index (χ3v) is 2.60. The van der Waals surface area contributed by atoms with E-state index >= 15 is 0 Å². The molecule has 21 heavy (non-hydrogen) atoms. The SMILES string of the molecule is COCC(C)NC(=O)COc1ccc(OC)cc1C(=O)O. The number of hydrogen-bond acceptors (Lipinski definition) is 5. The molecule has 0 heterocycles. The lowest BCUT2D eigenvalue weighted by molar-refractivity contribution is -0.124. The summed E-state index contributed by atoms with van der Waals surface area (Å²) >= 11 is 0. The average Bonchev–Trinajstić information content (AvgIpc) is 2.45. The minimum absolute atomic E-state index is 0.0629. The van der Waals surface area contributed by atoms with Gasteiger partial charge in [-0.25, -0.2) is 4.79 Å². The van der Waals surface area contributed by atoms with E-state index in [1.165, 1.54) is 26.4 Å². The monoisotopic (exact) mass is 297 g/mol. The molecule has 7 heteroatoms. The molecule has 0 aliphatic carbocycles.